The van der Waals surface area contributed by atoms with Crippen LogP contribution < -0.4 is 9.80 Å². The van der Waals surface area contributed by atoms with E-state index in [0.717, 1.165) is 0 Å². The summed E-state index contributed by atoms with van der Waals surface area (Å²) in [6.07, 6.45) is 0. The SMILES string of the molecule is CC(C)c1ccc(N(c2ccc(C(C)C)cc2)c2cc(C(C)(C)C)c3ccc4c(N(c5ccc(C(C)C)cc5)c5ccc(C(C)C)cc5)cc(C(C)(C)C)c5ccc2c3c45)cc1. The third-order valence-corrected chi connectivity index (χ3v) is 13.2. The van der Waals surface area contributed by atoms with Crippen molar-refractivity contribution >= 4 is 66.4 Å². The summed E-state index contributed by atoms with van der Waals surface area (Å²) in [6, 6.07) is 51.8. The Hall–Kier alpha value is -5.60. The van der Waals surface area contributed by atoms with Gasteiger partial charge in [-0.05, 0) is 150 Å². The second-order valence-corrected chi connectivity index (χ2v) is 21.1. The smallest absolute Gasteiger partial charge is 0.0543 e. The van der Waals surface area contributed by atoms with Crippen molar-refractivity contribution in [2.24, 2.45) is 0 Å². The zero-order valence-corrected chi connectivity index (χ0v) is 39.9. The van der Waals surface area contributed by atoms with E-state index in [4.69, 9.17) is 0 Å². The predicted octanol–water partition coefficient (Wildman–Crippen LogP) is 18.6. The van der Waals surface area contributed by atoms with E-state index in [0.29, 0.717) is 23.7 Å². The minimum atomic E-state index is -0.121. The maximum atomic E-state index is 2.51. The van der Waals surface area contributed by atoms with Crippen molar-refractivity contribution in [3.8, 4) is 0 Å². The summed E-state index contributed by atoms with van der Waals surface area (Å²) in [5, 5.41) is 7.85. The fraction of sp³-hybridized carbons (Fsp3) is 0.333. The van der Waals surface area contributed by atoms with Gasteiger partial charge in [-0.2, -0.15) is 0 Å². The molecule has 8 aromatic rings. The number of nitrogens with zero attached hydrogens (tertiary/aromatic N) is 2. The molecule has 0 fully saturated rings. The van der Waals surface area contributed by atoms with E-state index >= 15 is 0 Å². The molecule has 8 aromatic carbocycles. The number of anilines is 6. The second kappa shape index (κ2) is 16.3. The standard InChI is InChI=1S/C60H68N2/c1-37(2)41-15-23-45(24-16-41)61(46-25-17-42(18-26-46)38(3)4)55-35-53(59(9,10)11)49-32-34-52-56(36-54(60(12,13)14)50-31-33-51(55)57(49)58(50)52)62(47-27-19-43(20-28-47)39(5)6)48-29-21-44(22-30-48)40(7)8/h15-40H,1-14H3. The Bertz CT molecular complexity index is 2520. The highest BCUT2D eigenvalue weighted by molar-refractivity contribution is 6.29. The topological polar surface area (TPSA) is 6.48 Å². The van der Waals surface area contributed by atoms with Gasteiger partial charge in [-0.15, -0.1) is 0 Å². The maximum absolute atomic E-state index is 2.51. The summed E-state index contributed by atoms with van der Waals surface area (Å²) >= 11 is 0. The summed E-state index contributed by atoms with van der Waals surface area (Å²) in [6.45, 7) is 32.4. The minimum Gasteiger partial charge on any atom is -0.310 e. The van der Waals surface area contributed by atoms with E-state index in [1.807, 2.05) is 0 Å². The molecule has 8 rings (SSSR count). The second-order valence-electron chi connectivity index (χ2n) is 21.1. The van der Waals surface area contributed by atoms with Gasteiger partial charge in [0, 0.05) is 33.5 Å². The van der Waals surface area contributed by atoms with Crippen molar-refractivity contribution in [3.63, 3.8) is 0 Å². The highest BCUT2D eigenvalue weighted by Crippen LogP contribution is 2.52. The van der Waals surface area contributed by atoms with E-state index in [1.54, 1.807) is 0 Å². The first-order valence-corrected chi connectivity index (χ1v) is 23.1. The van der Waals surface area contributed by atoms with Gasteiger partial charge in [-0.25, -0.2) is 0 Å². The average molecular weight is 817 g/mol. The van der Waals surface area contributed by atoms with Crippen LogP contribution in [0.5, 0.6) is 0 Å². The Morgan fingerprint density at radius 3 is 0.742 bits per heavy atom. The van der Waals surface area contributed by atoms with Crippen molar-refractivity contribution in [1.82, 2.24) is 0 Å². The Morgan fingerprint density at radius 2 is 0.532 bits per heavy atom. The van der Waals surface area contributed by atoms with Gasteiger partial charge < -0.3 is 9.80 Å². The number of benzene rings is 8. The molecule has 0 saturated heterocycles. The van der Waals surface area contributed by atoms with E-state index < -0.39 is 0 Å². The third-order valence-electron chi connectivity index (χ3n) is 13.2. The molecule has 0 amide bonds. The van der Waals surface area contributed by atoms with Gasteiger partial charge in [0.15, 0.2) is 0 Å². The molecule has 0 aromatic heterocycles. The lowest BCUT2D eigenvalue weighted by Crippen LogP contribution is -2.17. The highest BCUT2D eigenvalue weighted by Gasteiger charge is 2.30. The van der Waals surface area contributed by atoms with E-state index in [2.05, 4.69) is 240 Å². The molecule has 0 aliphatic carbocycles. The largest absolute Gasteiger partial charge is 0.310 e. The molecule has 0 bridgehead atoms. The first-order chi connectivity index (χ1) is 29.3. The van der Waals surface area contributed by atoms with Crippen LogP contribution in [0.3, 0.4) is 0 Å². The van der Waals surface area contributed by atoms with Crippen LogP contribution in [0, 0.1) is 0 Å². The van der Waals surface area contributed by atoms with Crippen molar-refractivity contribution in [1.29, 1.82) is 0 Å². The molecule has 0 atom stereocenters. The summed E-state index contributed by atoms with van der Waals surface area (Å²) in [5.41, 5.74) is 14.9. The van der Waals surface area contributed by atoms with Crippen molar-refractivity contribution in [2.45, 2.75) is 131 Å². The summed E-state index contributed by atoms with van der Waals surface area (Å²) < 4.78 is 0. The van der Waals surface area contributed by atoms with Crippen LogP contribution >= 0.6 is 0 Å². The molecule has 2 nitrogen and oxygen atoms in total. The molecular weight excluding hydrogens is 749 g/mol. The Labute approximate surface area is 373 Å². The van der Waals surface area contributed by atoms with Crippen LogP contribution in [-0.4, -0.2) is 0 Å². The lowest BCUT2D eigenvalue weighted by molar-refractivity contribution is 0.595. The maximum Gasteiger partial charge on any atom is 0.0543 e. The molecule has 0 saturated carbocycles. The first-order valence-electron chi connectivity index (χ1n) is 23.1. The fourth-order valence-corrected chi connectivity index (χ4v) is 9.45. The quantitative estimate of drug-likeness (QED) is 0.127. The molecule has 0 aliphatic heterocycles. The van der Waals surface area contributed by atoms with Gasteiger partial charge in [0.25, 0.3) is 0 Å². The van der Waals surface area contributed by atoms with Gasteiger partial charge in [0.2, 0.25) is 0 Å². The molecule has 0 spiro atoms. The van der Waals surface area contributed by atoms with Crippen molar-refractivity contribution in [3.05, 3.63) is 167 Å². The van der Waals surface area contributed by atoms with Crippen LogP contribution in [0.25, 0.3) is 32.3 Å². The van der Waals surface area contributed by atoms with Gasteiger partial charge in [-0.1, -0.05) is 170 Å². The zero-order valence-electron chi connectivity index (χ0n) is 39.9. The monoisotopic (exact) mass is 817 g/mol. The molecule has 0 heterocycles. The van der Waals surface area contributed by atoms with Gasteiger partial charge in [0.05, 0.1) is 11.4 Å². The van der Waals surface area contributed by atoms with Crippen LogP contribution in [0.15, 0.2) is 133 Å². The van der Waals surface area contributed by atoms with E-state index in [-0.39, 0.29) is 10.8 Å². The van der Waals surface area contributed by atoms with Crippen LogP contribution in [0.4, 0.5) is 34.1 Å². The predicted molar refractivity (Wildman–Crippen MR) is 273 cm³/mol. The normalized spacial score (nSPS) is 12.6. The Morgan fingerprint density at radius 1 is 0.306 bits per heavy atom. The molecule has 0 N–H and O–H groups in total. The van der Waals surface area contributed by atoms with Crippen molar-refractivity contribution < 1.29 is 0 Å². The molecule has 0 radical (unpaired) electrons. The Balaban J connectivity index is 1.50. The van der Waals surface area contributed by atoms with Gasteiger partial charge in [-0.3, -0.25) is 0 Å². The van der Waals surface area contributed by atoms with E-state index in [9.17, 15) is 0 Å². The Kier molecular flexibility index (Phi) is 11.3. The number of hydrogen-bond donors (Lipinski definition) is 0. The minimum absolute atomic E-state index is 0.121. The zero-order chi connectivity index (χ0) is 44.4. The molecule has 62 heavy (non-hydrogen) atoms. The molecule has 318 valence electrons. The number of rotatable bonds is 10. The average Bonchev–Trinajstić information content (AvgIpc) is 3.23. The molecular formula is C60H68N2. The van der Waals surface area contributed by atoms with Gasteiger partial charge in [0.1, 0.15) is 0 Å². The van der Waals surface area contributed by atoms with Crippen molar-refractivity contribution in [2.75, 3.05) is 9.80 Å². The van der Waals surface area contributed by atoms with Crippen LogP contribution in [0.1, 0.15) is 154 Å². The third kappa shape index (κ3) is 7.87. The first kappa shape index (κ1) is 43.1. The summed E-state index contributed by atoms with van der Waals surface area (Å²) in [7, 11) is 0. The molecule has 0 aliphatic rings. The lowest BCUT2D eigenvalue weighted by Gasteiger charge is -2.34. The summed E-state index contributed by atoms with van der Waals surface area (Å²) in [4.78, 5) is 5.03. The molecule has 2 heteroatoms. The fourth-order valence-electron chi connectivity index (χ4n) is 9.45. The van der Waals surface area contributed by atoms with Gasteiger partial charge >= 0.3 is 0 Å². The van der Waals surface area contributed by atoms with Crippen LogP contribution in [-0.2, 0) is 10.8 Å². The molecule has 0 unspecified atom stereocenters. The summed E-state index contributed by atoms with van der Waals surface area (Å²) in [5.74, 6) is 1.82. The van der Waals surface area contributed by atoms with E-state index in [1.165, 1.54) is 99.8 Å². The lowest BCUT2D eigenvalue weighted by atomic mass is 9.77. The van der Waals surface area contributed by atoms with Crippen LogP contribution in [0.2, 0.25) is 0 Å². The highest BCUT2D eigenvalue weighted by atomic mass is 15.1. The number of hydrogen-bond acceptors (Lipinski definition) is 2.